The van der Waals surface area contributed by atoms with E-state index in [-0.39, 0.29) is 29.0 Å². The number of aromatic hydroxyl groups is 1. The van der Waals surface area contributed by atoms with Crippen LogP contribution in [-0.2, 0) is 11.3 Å². The number of carbonyl (C=O) groups excluding carboxylic acids is 1. The molecule has 0 unspecified atom stereocenters. The highest BCUT2D eigenvalue weighted by Gasteiger charge is 2.38. The van der Waals surface area contributed by atoms with Crippen LogP contribution < -0.4 is 16.8 Å². The van der Waals surface area contributed by atoms with Gasteiger partial charge < -0.3 is 26.5 Å². The minimum Gasteiger partial charge on any atom is -0.493 e. The standard InChI is InChI=1S/C15H14F2N8O.C7H13NO/c1-6-20-9-3-2-8(21-14(9)24(6)5-10(16)17)7-4-11(26)25-12(7)13(18)22-15(19)23-25;1-7(4-3-5-7)6(9)8-2/h2-4,10,26H,5H2,1H3,(H4,18,19,22,23);3-5H2,1-2H3,(H,8,9). The average molecular weight is 488 g/mol. The van der Waals surface area contributed by atoms with Gasteiger partial charge in [-0.3, -0.25) is 4.79 Å². The number of hydrogen-bond acceptors (Lipinski definition) is 8. The summed E-state index contributed by atoms with van der Waals surface area (Å²) < 4.78 is 28.2. The molecule has 0 aliphatic heterocycles. The van der Waals surface area contributed by atoms with Crippen molar-refractivity contribution in [2.75, 3.05) is 18.5 Å². The Labute approximate surface area is 199 Å². The molecule has 1 saturated carbocycles. The van der Waals surface area contributed by atoms with Crippen LogP contribution in [0.15, 0.2) is 18.2 Å². The first-order valence-electron chi connectivity index (χ1n) is 11.0. The Bertz CT molecular complexity index is 1410. The summed E-state index contributed by atoms with van der Waals surface area (Å²) in [6.45, 7) is 3.15. The zero-order valence-electron chi connectivity index (χ0n) is 19.6. The first kappa shape index (κ1) is 24.1. The maximum absolute atomic E-state index is 12.9. The number of aromatic nitrogens is 6. The first-order chi connectivity index (χ1) is 16.5. The Kier molecular flexibility index (Phi) is 6.17. The number of nitrogens with zero attached hydrogens (tertiary/aromatic N) is 6. The quantitative estimate of drug-likeness (QED) is 0.341. The summed E-state index contributed by atoms with van der Waals surface area (Å²) in [6, 6.07) is 4.74. The van der Waals surface area contributed by atoms with Crippen LogP contribution >= 0.6 is 0 Å². The number of amides is 1. The lowest BCUT2D eigenvalue weighted by molar-refractivity contribution is -0.133. The van der Waals surface area contributed by atoms with E-state index in [1.807, 2.05) is 6.92 Å². The predicted octanol–water partition coefficient (Wildman–Crippen LogP) is 2.51. The Morgan fingerprint density at radius 1 is 1.26 bits per heavy atom. The van der Waals surface area contributed by atoms with Crippen molar-refractivity contribution >= 4 is 34.4 Å². The molecule has 0 spiro atoms. The van der Waals surface area contributed by atoms with E-state index in [2.05, 4.69) is 25.4 Å². The maximum Gasteiger partial charge on any atom is 0.256 e. The van der Waals surface area contributed by atoms with E-state index in [1.54, 1.807) is 26.1 Å². The third-order valence-electron chi connectivity index (χ3n) is 6.25. The molecule has 0 saturated heterocycles. The van der Waals surface area contributed by atoms with Gasteiger partial charge in [0, 0.05) is 24.1 Å². The Morgan fingerprint density at radius 2 is 1.97 bits per heavy atom. The van der Waals surface area contributed by atoms with E-state index < -0.39 is 13.0 Å². The van der Waals surface area contributed by atoms with Gasteiger partial charge in [0.25, 0.3) is 6.43 Å². The first-order valence-corrected chi connectivity index (χ1v) is 11.0. The molecule has 35 heavy (non-hydrogen) atoms. The van der Waals surface area contributed by atoms with Gasteiger partial charge in [-0.1, -0.05) is 13.3 Å². The molecule has 4 aromatic rings. The molecule has 1 amide bonds. The van der Waals surface area contributed by atoms with Crippen LogP contribution in [0, 0.1) is 12.3 Å². The SMILES string of the molecule is CNC(=O)C1(C)CCC1.Cc1nc2ccc(-c3cc(O)n4nc(N)nc(N)c34)nc2n1CC(F)F. The molecule has 0 aromatic carbocycles. The van der Waals surface area contributed by atoms with Crippen LogP contribution in [0.4, 0.5) is 20.5 Å². The van der Waals surface area contributed by atoms with Crippen molar-refractivity contribution in [3.63, 3.8) is 0 Å². The van der Waals surface area contributed by atoms with E-state index >= 15 is 0 Å². The molecule has 0 bridgehead atoms. The summed E-state index contributed by atoms with van der Waals surface area (Å²) in [7, 11) is 1.70. The number of halogens is 2. The summed E-state index contributed by atoms with van der Waals surface area (Å²) in [5.41, 5.74) is 13.4. The summed E-state index contributed by atoms with van der Waals surface area (Å²) >= 11 is 0. The minimum absolute atomic E-state index is 0.0191. The van der Waals surface area contributed by atoms with Crippen molar-refractivity contribution in [1.29, 1.82) is 0 Å². The van der Waals surface area contributed by atoms with Crippen LogP contribution in [0.2, 0.25) is 0 Å². The molecule has 186 valence electrons. The number of nitrogen functional groups attached to an aromatic ring is 2. The molecule has 0 radical (unpaired) electrons. The van der Waals surface area contributed by atoms with Crippen LogP contribution in [0.25, 0.3) is 27.9 Å². The molecule has 5 rings (SSSR count). The predicted molar refractivity (Wildman–Crippen MR) is 127 cm³/mol. The van der Waals surface area contributed by atoms with Crippen molar-refractivity contribution in [3.8, 4) is 17.1 Å². The summed E-state index contributed by atoms with van der Waals surface area (Å²) in [5, 5.41) is 16.7. The van der Waals surface area contributed by atoms with Crippen LogP contribution in [0.5, 0.6) is 5.88 Å². The van der Waals surface area contributed by atoms with Crippen molar-refractivity contribution in [2.45, 2.75) is 46.1 Å². The fourth-order valence-corrected chi connectivity index (χ4v) is 4.19. The number of nitrogens with two attached hydrogens (primary N) is 2. The van der Waals surface area contributed by atoms with Gasteiger partial charge in [-0.05, 0) is 31.9 Å². The Balaban J connectivity index is 0.000000271. The maximum atomic E-state index is 12.9. The van der Waals surface area contributed by atoms with Gasteiger partial charge in [0.05, 0.1) is 12.2 Å². The second-order valence-electron chi connectivity index (χ2n) is 8.73. The van der Waals surface area contributed by atoms with Crippen molar-refractivity contribution in [2.24, 2.45) is 5.41 Å². The third kappa shape index (κ3) is 4.40. The zero-order chi connectivity index (χ0) is 25.5. The number of aryl methyl sites for hydroxylation is 1. The number of rotatable bonds is 4. The van der Waals surface area contributed by atoms with Gasteiger partial charge >= 0.3 is 0 Å². The molecular weight excluding hydrogens is 460 g/mol. The lowest BCUT2D eigenvalue weighted by Gasteiger charge is -2.35. The fraction of sp³-hybridized carbons (Fsp3) is 0.409. The number of anilines is 2. The van der Waals surface area contributed by atoms with Crippen LogP contribution in [0.3, 0.4) is 0 Å². The van der Waals surface area contributed by atoms with Gasteiger partial charge in [-0.2, -0.15) is 9.50 Å². The third-order valence-corrected chi connectivity index (χ3v) is 6.25. The molecule has 1 aliphatic carbocycles. The van der Waals surface area contributed by atoms with Crippen molar-refractivity contribution < 1.29 is 18.7 Å². The second-order valence-corrected chi connectivity index (χ2v) is 8.73. The lowest BCUT2D eigenvalue weighted by Crippen LogP contribution is -2.41. The minimum atomic E-state index is -2.54. The summed E-state index contributed by atoms with van der Waals surface area (Å²) in [6.07, 6.45) is 0.798. The van der Waals surface area contributed by atoms with E-state index in [4.69, 9.17) is 11.5 Å². The second kappa shape index (κ2) is 8.96. The highest BCUT2D eigenvalue weighted by atomic mass is 19.3. The lowest BCUT2D eigenvalue weighted by atomic mass is 9.70. The number of carbonyl (C=O) groups is 1. The number of alkyl halides is 2. The largest absolute Gasteiger partial charge is 0.493 e. The topological polar surface area (TPSA) is 162 Å². The fourth-order valence-electron chi connectivity index (χ4n) is 4.19. The number of hydrogen-bond donors (Lipinski definition) is 4. The molecule has 0 atom stereocenters. The Hall–Kier alpha value is -4.03. The average Bonchev–Trinajstić information content (AvgIpc) is 3.28. The number of fused-ring (bicyclic) bond motifs is 2. The molecular formula is C22H27F2N9O2. The van der Waals surface area contributed by atoms with Crippen LogP contribution in [-0.4, -0.2) is 53.6 Å². The Morgan fingerprint density at radius 3 is 2.54 bits per heavy atom. The monoisotopic (exact) mass is 487 g/mol. The van der Waals surface area contributed by atoms with E-state index in [9.17, 15) is 18.7 Å². The summed E-state index contributed by atoms with van der Waals surface area (Å²) in [4.78, 5) is 23.6. The van der Waals surface area contributed by atoms with E-state index in [1.165, 1.54) is 17.1 Å². The number of pyridine rings is 1. The van der Waals surface area contributed by atoms with Gasteiger partial charge in [0.1, 0.15) is 16.9 Å². The van der Waals surface area contributed by atoms with Gasteiger partial charge in [0.2, 0.25) is 17.7 Å². The van der Waals surface area contributed by atoms with Crippen molar-refractivity contribution in [1.82, 2.24) is 34.4 Å². The highest BCUT2D eigenvalue weighted by Crippen LogP contribution is 2.40. The van der Waals surface area contributed by atoms with E-state index in [0.717, 1.165) is 17.4 Å². The van der Waals surface area contributed by atoms with Gasteiger partial charge in [0.15, 0.2) is 11.5 Å². The number of imidazole rings is 1. The molecule has 4 aromatic heterocycles. The van der Waals surface area contributed by atoms with Crippen molar-refractivity contribution in [3.05, 3.63) is 24.0 Å². The zero-order valence-corrected chi connectivity index (χ0v) is 19.6. The molecule has 1 aliphatic rings. The van der Waals surface area contributed by atoms with Crippen LogP contribution in [0.1, 0.15) is 32.0 Å². The van der Waals surface area contributed by atoms with Gasteiger partial charge in [-0.15, -0.1) is 5.10 Å². The van der Waals surface area contributed by atoms with Gasteiger partial charge in [-0.25, -0.2) is 18.7 Å². The molecule has 1 fully saturated rings. The smallest absolute Gasteiger partial charge is 0.256 e. The van der Waals surface area contributed by atoms with E-state index in [0.29, 0.717) is 33.8 Å². The molecule has 13 heteroatoms. The highest BCUT2D eigenvalue weighted by molar-refractivity contribution is 5.89. The molecule has 11 nitrogen and oxygen atoms in total. The normalized spacial score (nSPS) is 14.6. The summed E-state index contributed by atoms with van der Waals surface area (Å²) in [5.74, 6) is 0.405. The molecule has 4 heterocycles. The molecule has 6 N–H and O–H groups in total. The number of nitrogens with one attached hydrogen (secondary N) is 1.